The summed E-state index contributed by atoms with van der Waals surface area (Å²) in [5.74, 6) is -0.713. The van der Waals surface area contributed by atoms with Gasteiger partial charge in [0.25, 0.3) is 0 Å². The lowest BCUT2D eigenvalue weighted by molar-refractivity contribution is -0.140. The van der Waals surface area contributed by atoms with Gasteiger partial charge in [0.15, 0.2) is 0 Å². The molecule has 0 aromatic rings. The smallest absolute Gasteiger partial charge is 0.320 e. The van der Waals surface area contributed by atoms with E-state index in [0.29, 0.717) is 0 Å². The summed E-state index contributed by atoms with van der Waals surface area (Å²) in [5.41, 5.74) is 0. The van der Waals surface area contributed by atoms with Crippen LogP contribution in [0.2, 0.25) is 0 Å². The van der Waals surface area contributed by atoms with Crippen LogP contribution in [-0.4, -0.2) is 40.1 Å². The normalized spacial score (nSPS) is 20.8. The number of nitrogens with one attached hydrogen (secondary N) is 1. The molecule has 1 aliphatic heterocycles. The van der Waals surface area contributed by atoms with Crippen LogP contribution in [0, 0.1) is 0 Å². The molecule has 0 aliphatic carbocycles. The molecule has 1 heterocycles. The molecule has 0 aromatic heterocycles. The minimum absolute atomic E-state index is 0. The third kappa shape index (κ3) is 5.03. The second-order valence-corrected chi connectivity index (χ2v) is 2.34. The molecule has 1 atom stereocenters. The van der Waals surface area contributed by atoms with Crippen molar-refractivity contribution in [3.05, 3.63) is 0 Å². The first-order valence-electron chi connectivity index (χ1n) is 3.27. The maximum atomic E-state index is 10.3. The number of carboxylic acids is 1. The fourth-order valence-corrected chi connectivity index (χ4v) is 1.06. The van der Waals surface area contributed by atoms with Crippen LogP contribution in [-0.2, 0) is 4.79 Å². The molecule has 6 nitrogen and oxygen atoms in total. The Labute approximate surface area is 70.5 Å². The summed E-state index contributed by atoms with van der Waals surface area (Å²) >= 11 is 0. The van der Waals surface area contributed by atoms with E-state index in [0.717, 1.165) is 25.8 Å². The van der Waals surface area contributed by atoms with Gasteiger partial charge in [0.1, 0.15) is 6.04 Å². The van der Waals surface area contributed by atoms with Crippen LogP contribution in [0.25, 0.3) is 0 Å². The van der Waals surface area contributed by atoms with Crippen molar-refractivity contribution in [1.29, 1.82) is 0 Å². The van der Waals surface area contributed by atoms with Gasteiger partial charge in [0.05, 0.1) is 0 Å². The maximum absolute atomic E-state index is 10.3. The van der Waals surface area contributed by atoms with Crippen LogP contribution in [0.15, 0.2) is 0 Å². The summed E-state index contributed by atoms with van der Waals surface area (Å²) in [4.78, 5) is 10.3. The summed E-state index contributed by atoms with van der Waals surface area (Å²) in [7, 11) is 0. The molecule has 12 heavy (non-hydrogen) atoms. The number of hydrogen-bond donors (Lipinski definition) is 2. The van der Waals surface area contributed by atoms with Gasteiger partial charge in [-0.15, -0.1) is 0 Å². The van der Waals surface area contributed by atoms with Gasteiger partial charge >= 0.3 is 5.97 Å². The van der Waals surface area contributed by atoms with Crippen molar-refractivity contribution < 1.29 is 26.3 Å². The Hall–Kier alpha value is -0.690. The molecule has 0 saturated carbocycles. The van der Waals surface area contributed by atoms with Crippen LogP contribution in [0.5, 0.6) is 0 Å². The van der Waals surface area contributed by atoms with E-state index >= 15 is 0 Å². The van der Waals surface area contributed by atoms with E-state index in [1.165, 1.54) is 0 Å². The standard InChI is InChI=1S/C6H11NO2.3H2O/c8-6(9)5-3-1-2-4-7-5;;;/h5,7H,1-4H2,(H,8,9);3*1H2. The fraction of sp³-hybridized carbons (Fsp3) is 0.833. The Morgan fingerprint density at radius 3 is 2.08 bits per heavy atom. The molecule has 8 N–H and O–H groups in total. The van der Waals surface area contributed by atoms with Gasteiger partial charge in [0, 0.05) is 0 Å². The highest BCUT2D eigenvalue weighted by Gasteiger charge is 2.18. The largest absolute Gasteiger partial charge is 0.480 e. The van der Waals surface area contributed by atoms with Gasteiger partial charge < -0.3 is 26.9 Å². The third-order valence-corrected chi connectivity index (χ3v) is 1.61. The number of hydrogen-bond acceptors (Lipinski definition) is 2. The second kappa shape index (κ2) is 8.41. The van der Waals surface area contributed by atoms with Gasteiger partial charge in [-0.25, -0.2) is 0 Å². The molecule has 0 amide bonds. The molecule has 1 unspecified atom stereocenters. The topological polar surface area (TPSA) is 144 Å². The van der Waals surface area contributed by atoms with Crippen molar-refractivity contribution in [3.63, 3.8) is 0 Å². The highest BCUT2D eigenvalue weighted by Crippen LogP contribution is 2.05. The summed E-state index contributed by atoms with van der Waals surface area (Å²) in [6.45, 7) is 0.858. The van der Waals surface area contributed by atoms with Crippen LogP contribution in [0.1, 0.15) is 19.3 Å². The maximum Gasteiger partial charge on any atom is 0.320 e. The van der Waals surface area contributed by atoms with Crippen LogP contribution in [0.4, 0.5) is 0 Å². The third-order valence-electron chi connectivity index (χ3n) is 1.61. The van der Waals surface area contributed by atoms with Crippen LogP contribution < -0.4 is 5.32 Å². The van der Waals surface area contributed by atoms with Crippen molar-refractivity contribution in [2.75, 3.05) is 6.54 Å². The van der Waals surface area contributed by atoms with E-state index in [4.69, 9.17) is 5.11 Å². The van der Waals surface area contributed by atoms with Gasteiger partial charge in [0.2, 0.25) is 0 Å². The molecule has 0 aromatic carbocycles. The highest BCUT2D eigenvalue weighted by atomic mass is 16.4. The van der Waals surface area contributed by atoms with E-state index in [1.54, 1.807) is 0 Å². The lowest BCUT2D eigenvalue weighted by atomic mass is 10.1. The first-order valence-corrected chi connectivity index (χ1v) is 3.27. The van der Waals surface area contributed by atoms with Crippen LogP contribution in [0.3, 0.4) is 0 Å². The molecule has 1 rings (SSSR count). The van der Waals surface area contributed by atoms with Gasteiger partial charge in [-0.1, -0.05) is 6.42 Å². The van der Waals surface area contributed by atoms with Crippen molar-refractivity contribution >= 4 is 5.97 Å². The zero-order valence-corrected chi connectivity index (χ0v) is 6.76. The summed E-state index contributed by atoms with van der Waals surface area (Å²) in [5, 5.41) is 11.4. The first kappa shape index (κ1) is 17.4. The van der Waals surface area contributed by atoms with E-state index in [1.807, 2.05) is 0 Å². The van der Waals surface area contributed by atoms with Crippen molar-refractivity contribution in [2.24, 2.45) is 0 Å². The molecule has 0 bridgehead atoms. The predicted molar refractivity (Wildman–Crippen MR) is 44.1 cm³/mol. The van der Waals surface area contributed by atoms with Crippen molar-refractivity contribution in [2.45, 2.75) is 25.3 Å². The average molecular weight is 183 g/mol. The minimum Gasteiger partial charge on any atom is -0.480 e. The van der Waals surface area contributed by atoms with Crippen molar-refractivity contribution in [1.82, 2.24) is 5.32 Å². The number of piperidine rings is 1. The Balaban J connectivity index is -0.000000270. The lowest BCUT2D eigenvalue weighted by Gasteiger charge is -2.18. The lowest BCUT2D eigenvalue weighted by Crippen LogP contribution is -2.40. The van der Waals surface area contributed by atoms with E-state index in [-0.39, 0.29) is 22.5 Å². The molecule has 76 valence electrons. The Morgan fingerprint density at radius 1 is 1.25 bits per heavy atom. The van der Waals surface area contributed by atoms with Gasteiger partial charge in [-0.05, 0) is 19.4 Å². The van der Waals surface area contributed by atoms with Crippen molar-refractivity contribution in [3.8, 4) is 0 Å². The SMILES string of the molecule is O.O.O.O=C(O)C1CCCCN1. The van der Waals surface area contributed by atoms with E-state index in [9.17, 15) is 4.79 Å². The Morgan fingerprint density at radius 2 is 1.83 bits per heavy atom. The first-order chi connectivity index (χ1) is 4.30. The molecule has 1 fully saturated rings. The predicted octanol–water partition coefficient (Wildman–Crippen LogP) is -2.26. The highest BCUT2D eigenvalue weighted by molar-refractivity contribution is 5.73. The molecule has 1 saturated heterocycles. The Kier molecular flexibility index (Phi) is 12.2. The monoisotopic (exact) mass is 183 g/mol. The number of aliphatic carboxylic acids is 1. The zero-order valence-electron chi connectivity index (χ0n) is 6.76. The minimum atomic E-state index is -0.713. The molecule has 0 radical (unpaired) electrons. The molecular weight excluding hydrogens is 166 g/mol. The number of carbonyl (C=O) groups is 1. The van der Waals surface area contributed by atoms with Gasteiger partial charge in [-0.2, -0.15) is 0 Å². The quantitative estimate of drug-likeness (QED) is 0.473. The van der Waals surface area contributed by atoms with E-state index in [2.05, 4.69) is 5.32 Å². The molecule has 1 aliphatic rings. The summed E-state index contributed by atoms with van der Waals surface area (Å²) in [6.07, 6.45) is 2.95. The molecule has 6 heteroatoms. The molecular formula is C6H17NO5. The number of rotatable bonds is 1. The zero-order chi connectivity index (χ0) is 6.69. The van der Waals surface area contributed by atoms with Gasteiger partial charge in [-0.3, -0.25) is 4.79 Å². The summed E-state index contributed by atoms with van der Waals surface area (Å²) in [6, 6.07) is -0.279. The average Bonchev–Trinajstić information content (AvgIpc) is 1.90. The summed E-state index contributed by atoms with van der Waals surface area (Å²) < 4.78 is 0. The number of carboxylic acid groups (broad SMARTS) is 1. The molecule has 0 spiro atoms. The Bertz CT molecular complexity index is 113. The second-order valence-electron chi connectivity index (χ2n) is 2.34. The fourth-order valence-electron chi connectivity index (χ4n) is 1.06. The van der Waals surface area contributed by atoms with E-state index < -0.39 is 5.97 Å². The van der Waals surface area contributed by atoms with Crippen LogP contribution >= 0.6 is 0 Å².